The van der Waals surface area contributed by atoms with Gasteiger partial charge in [0.05, 0.1) is 18.3 Å². The molecule has 1 amide bonds. The van der Waals surface area contributed by atoms with Crippen LogP contribution in [0.2, 0.25) is 0 Å². The smallest absolute Gasteiger partial charge is 0.412 e. The van der Waals surface area contributed by atoms with E-state index in [4.69, 9.17) is 11.0 Å². The van der Waals surface area contributed by atoms with Gasteiger partial charge in [0.15, 0.2) is 0 Å². The maximum Gasteiger partial charge on any atom is 0.412 e. The second-order valence-electron chi connectivity index (χ2n) is 3.47. The average molecular weight is 208 g/mol. The van der Waals surface area contributed by atoms with Crippen molar-refractivity contribution in [2.24, 2.45) is 5.90 Å². The summed E-state index contributed by atoms with van der Waals surface area (Å²) < 4.78 is 0. The van der Waals surface area contributed by atoms with Gasteiger partial charge < -0.3 is 9.94 Å². The summed E-state index contributed by atoms with van der Waals surface area (Å²) >= 11 is 0. The van der Waals surface area contributed by atoms with Crippen molar-refractivity contribution in [3.63, 3.8) is 0 Å². The van der Waals surface area contributed by atoms with Crippen molar-refractivity contribution in [1.29, 1.82) is 0 Å². The Hall–Kier alpha value is -1.59. The number of amides is 1. The molecule has 1 aliphatic heterocycles. The molecule has 3 N–H and O–H groups in total. The van der Waals surface area contributed by atoms with Crippen LogP contribution in [0.3, 0.4) is 0 Å². The summed E-state index contributed by atoms with van der Waals surface area (Å²) in [5, 5.41) is 9.09. The first-order chi connectivity index (χ1) is 7.24. The summed E-state index contributed by atoms with van der Waals surface area (Å²) in [6.45, 7) is 0.209. The summed E-state index contributed by atoms with van der Waals surface area (Å²) in [5.41, 5.74) is 1.74. The van der Waals surface area contributed by atoms with Crippen LogP contribution in [0, 0.1) is 0 Å². The Balaban J connectivity index is 2.33. The molecule has 0 aromatic heterocycles. The zero-order valence-electron chi connectivity index (χ0n) is 8.09. The maximum absolute atomic E-state index is 11.1. The van der Waals surface area contributed by atoms with Crippen LogP contribution in [-0.2, 0) is 11.3 Å². The first-order valence-electron chi connectivity index (χ1n) is 4.65. The predicted octanol–water partition coefficient (Wildman–Crippen LogP) is 0.986. The van der Waals surface area contributed by atoms with E-state index in [-0.39, 0.29) is 12.6 Å². The van der Waals surface area contributed by atoms with Gasteiger partial charge in [-0.15, -0.1) is 0 Å². The number of fused-ring (bicyclic) bond motifs is 1. The molecule has 0 saturated heterocycles. The summed E-state index contributed by atoms with van der Waals surface area (Å²) in [7, 11) is 0. The number of rotatable bonds is 2. The van der Waals surface area contributed by atoms with Gasteiger partial charge in [0.2, 0.25) is 0 Å². The third-order valence-electron chi connectivity index (χ3n) is 2.57. The molecule has 1 aromatic carbocycles. The molecule has 0 aliphatic carbocycles. The monoisotopic (exact) mass is 208 g/mol. The normalized spacial score (nSPS) is 19.0. The number of hydrogen-bond donors (Lipinski definition) is 2. The van der Waals surface area contributed by atoms with Gasteiger partial charge in [-0.05, 0) is 18.1 Å². The van der Waals surface area contributed by atoms with Gasteiger partial charge in [0, 0.05) is 0 Å². The quantitative estimate of drug-likeness (QED) is 0.710. The number of anilines is 1. The van der Waals surface area contributed by atoms with Gasteiger partial charge in [0.1, 0.15) is 0 Å². The summed E-state index contributed by atoms with van der Waals surface area (Å²) in [6.07, 6.45) is -0.318. The van der Waals surface area contributed by atoms with Crippen molar-refractivity contribution in [1.82, 2.24) is 0 Å². The molecule has 1 aliphatic rings. The lowest BCUT2D eigenvalue weighted by Crippen LogP contribution is -2.40. The Morgan fingerprint density at radius 3 is 3.00 bits per heavy atom. The largest absolute Gasteiger partial charge is 0.465 e. The molecule has 0 fully saturated rings. The molecule has 0 bridgehead atoms. The SMILES string of the molecule is NOCC1Cc2ccccc2N1C(=O)O. The van der Waals surface area contributed by atoms with Crippen LogP contribution in [0.15, 0.2) is 24.3 Å². The molecule has 2 rings (SSSR count). The molecule has 1 unspecified atom stereocenters. The number of para-hydroxylation sites is 1. The Kier molecular flexibility index (Phi) is 2.57. The summed E-state index contributed by atoms with van der Waals surface area (Å²) in [5.74, 6) is 4.99. The predicted molar refractivity (Wildman–Crippen MR) is 54.6 cm³/mol. The Morgan fingerprint density at radius 2 is 2.33 bits per heavy atom. The van der Waals surface area contributed by atoms with Crippen LogP contribution >= 0.6 is 0 Å². The molecule has 0 spiro atoms. The number of carboxylic acid groups (broad SMARTS) is 1. The maximum atomic E-state index is 11.1. The molecular weight excluding hydrogens is 196 g/mol. The third kappa shape index (κ3) is 1.67. The van der Waals surface area contributed by atoms with Crippen molar-refractivity contribution >= 4 is 11.8 Å². The first-order valence-corrected chi connectivity index (χ1v) is 4.65. The number of hydrogen-bond acceptors (Lipinski definition) is 3. The van der Waals surface area contributed by atoms with E-state index in [1.807, 2.05) is 18.2 Å². The van der Waals surface area contributed by atoms with Gasteiger partial charge >= 0.3 is 6.09 Å². The first kappa shape index (κ1) is 9.95. The van der Waals surface area contributed by atoms with Crippen molar-refractivity contribution in [2.45, 2.75) is 12.5 Å². The topological polar surface area (TPSA) is 75.8 Å². The average Bonchev–Trinajstić information content (AvgIpc) is 2.56. The fraction of sp³-hybridized carbons (Fsp3) is 0.300. The van der Waals surface area contributed by atoms with Gasteiger partial charge in [-0.1, -0.05) is 18.2 Å². The zero-order valence-corrected chi connectivity index (χ0v) is 8.09. The van der Waals surface area contributed by atoms with E-state index in [0.717, 1.165) is 11.3 Å². The van der Waals surface area contributed by atoms with E-state index >= 15 is 0 Å². The molecule has 80 valence electrons. The third-order valence-corrected chi connectivity index (χ3v) is 2.57. The minimum absolute atomic E-state index is 0.209. The molecule has 0 saturated carbocycles. The van der Waals surface area contributed by atoms with Crippen LogP contribution in [-0.4, -0.2) is 23.8 Å². The van der Waals surface area contributed by atoms with Crippen molar-refractivity contribution in [3.05, 3.63) is 29.8 Å². The molecule has 0 radical (unpaired) electrons. The lowest BCUT2D eigenvalue weighted by Gasteiger charge is -2.21. The van der Waals surface area contributed by atoms with Gasteiger partial charge in [-0.25, -0.2) is 10.7 Å². The van der Waals surface area contributed by atoms with Crippen LogP contribution in [0.4, 0.5) is 10.5 Å². The van der Waals surface area contributed by atoms with Crippen LogP contribution in [0.1, 0.15) is 5.56 Å². The highest BCUT2D eigenvalue weighted by atomic mass is 16.6. The molecule has 1 heterocycles. The number of nitrogens with zero attached hydrogens (tertiary/aromatic N) is 1. The van der Waals surface area contributed by atoms with E-state index in [1.165, 1.54) is 4.90 Å². The zero-order chi connectivity index (χ0) is 10.8. The minimum atomic E-state index is -0.970. The second kappa shape index (κ2) is 3.88. The molecule has 15 heavy (non-hydrogen) atoms. The van der Waals surface area contributed by atoms with Crippen LogP contribution < -0.4 is 10.8 Å². The minimum Gasteiger partial charge on any atom is -0.465 e. The standard InChI is InChI=1S/C10H12N2O3/c11-15-6-8-5-7-3-1-2-4-9(7)12(8)10(13)14/h1-4,8H,5-6,11H2,(H,13,14). The van der Waals surface area contributed by atoms with Crippen molar-refractivity contribution in [3.8, 4) is 0 Å². The number of carbonyl (C=O) groups is 1. The van der Waals surface area contributed by atoms with E-state index < -0.39 is 6.09 Å². The van der Waals surface area contributed by atoms with Gasteiger partial charge in [-0.2, -0.15) is 0 Å². The number of benzene rings is 1. The Bertz CT molecular complexity index is 381. The molecular formula is C10H12N2O3. The van der Waals surface area contributed by atoms with E-state index in [1.54, 1.807) is 6.07 Å². The number of nitrogens with two attached hydrogens (primary N) is 1. The van der Waals surface area contributed by atoms with Crippen LogP contribution in [0.25, 0.3) is 0 Å². The highest BCUT2D eigenvalue weighted by molar-refractivity contribution is 5.89. The highest BCUT2D eigenvalue weighted by Gasteiger charge is 2.33. The second-order valence-corrected chi connectivity index (χ2v) is 3.47. The summed E-state index contributed by atoms with van der Waals surface area (Å²) in [4.78, 5) is 16.9. The Labute approximate surface area is 87.0 Å². The van der Waals surface area contributed by atoms with E-state index in [0.29, 0.717) is 6.42 Å². The fourth-order valence-electron chi connectivity index (χ4n) is 1.96. The lowest BCUT2D eigenvalue weighted by atomic mass is 10.1. The van der Waals surface area contributed by atoms with Crippen LogP contribution in [0.5, 0.6) is 0 Å². The summed E-state index contributed by atoms with van der Waals surface area (Å²) in [6, 6.07) is 7.21. The molecule has 1 aromatic rings. The van der Waals surface area contributed by atoms with Crippen molar-refractivity contribution < 1.29 is 14.7 Å². The highest BCUT2D eigenvalue weighted by Crippen LogP contribution is 2.31. The van der Waals surface area contributed by atoms with Gasteiger partial charge in [-0.3, -0.25) is 4.90 Å². The molecule has 1 atom stereocenters. The van der Waals surface area contributed by atoms with Gasteiger partial charge in [0.25, 0.3) is 0 Å². The molecule has 5 nitrogen and oxygen atoms in total. The van der Waals surface area contributed by atoms with E-state index in [9.17, 15) is 4.79 Å². The Morgan fingerprint density at radius 1 is 1.60 bits per heavy atom. The van der Waals surface area contributed by atoms with E-state index in [2.05, 4.69) is 4.84 Å². The molecule has 5 heteroatoms. The fourth-order valence-corrected chi connectivity index (χ4v) is 1.96. The van der Waals surface area contributed by atoms with Crippen molar-refractivity contribution in [2.75, 3.05) is 11.5 Å². The lowest BCUT2D eigenvalue weighted by molar-refractivity contribution is 0.121.